The molecule has 0 atom stereocenters. The molecule has 0 spiro atoms. The van der Waals surface area contributed by atoms with Crippen LogP contribution < -0.4 is 4.90 Å². The molecule has 0 aliphatic carbocycles. The Balaban J connectivity index is 1.67. The zero-order valence-corrected chi connectivity index (χ0v) is 18.1. The molecule has 1 aromatic heterocycles. The van der Waals surface area contributed by atoms with Crippen molar-refractivity contribution in [1.29, 1.82) is 0 Å². The van der Waals surface area contributed by atoms with Gasteiger partial charge in [-0.15, -0.1) is 0 Å². The Morgan fingerprint density at radius 3 is 2.23 bits per heavy atom. The fourth-order valence-electron chi connectivity index (χ4n) is 3.48. The molecule has 0 radical (unpaired) electrons. The Morgan fingerprint density at radius 1 is 1.00 bits per heavy atom. The summed E-state index contributed by atoms with van der Waals surface area (Å²) in [5.74, 6) is -0.391. The molecule has 9 heteroatoms. The summed E-state index contributed by atoms with van der Waals surface area (Å²) in [7, 11) is 0. The summed E-state index contributed by atoms with van der Waals surface area (Å²) < 4.78 is 1.94. The lowest BCUT2D eigenvalue weighted by atomic mass is 10.2. The van der Waals surface area contributed by atoms with Gasteiger partial charge in [0.05, 0.1) is 15.5 Å². The van der Waals surface area contributed by atoms with Gasteiger partial charge in [0.25, 0.3) is 16.8 Å². The van der Waals surface area contributed by atoms with Crippen molar-refractivity contribution in [2.24, 2.45) is 0 Å². The van der Waals surface area contributed by atoms with Crippen molar-refractivity contribution in [3.8, 4) is 5.69 Å². The number of aromatic nitrogens is 1. The maximum absolute atomic E-state index is 12.9. The van der Waals surface area contributed by atoms with E-state index in [1.165, 1.54) is 12.1 Å². The molecule has 4 rings (SSSR count). The molecule has 0 bridgehead atoms. The highest BCUT2D eigenvalue weighted by atomic mass is 35.5. The van der Waals surface area contributed by atoms with E-state index >= 15 is 0 Å². The zero-order chi connectivity index (χ0) is 22.3. The van der Waals surface area contributed by atoms with Crippen LogP contribution in [0.5, 0.6) is 0 Å². The SMILES string of the molecule is Cc1cc(/C=C2\SC(=O)N(c3ccc(Cl)cc3)C2=O)c(C)n1-c1ccc([N+](=O)[O-])cc1. The van der Waals surface area contributed by atoms with Crippen molar-refractivity contribution in [2.45, 2.75) is 13.8 Å². The molecule has 2 heterocycles. The smallest absolute Gasteiger partial charge is 0.298 e. The van der Waals surface area contributed by atoms with E-state index in [0.29, 0.717) is 15.6 Å². The van der Waals surface area contributed by atoms with Gasteiger partial charge < -0.3 is 4.57 Å². The van der Waals surface area contributed by atoms with Crippen LogP contribution in [0.2, 0.25) is 5.02 Å². The molecule has 1 fully saturated rings. The van der Waals surface area contributed by atoms with E-state index in [0.717, 1.165) is 39.3 Å². The second-order valence-electron chi connectivity index (χ2n) is 6.93. The minimum Gasteiger partial charge on any atom is -0.318 e. The average molecular weight is 454 g/mol. The van der Waals surface area contributed by atoms with Crippen LogP contribution in [0.25, 0.3) is 11.8 Å². The number of nitro benzene ring substituents is 1. The Morgan fingerprint density at radius 2 is 1.61 bits per heavy atom. The number of halogens is 1. The van der Waals surface area contributed by atoms with Gasteiger partial charge in [-0.2, -0.15) is 0 Å². The molecule has 0 N–H and O–H groups in total. The van der Waals surface area contributed by atoms with Crippen molar-refractivity contribution < 1.29 is 14.5 Å². The zero-order valence-electron chi connectivity index (χ0n) is 16.5. The summed E-state index contributed by atoms with van der Waals surface area (Å²) in [6.07, 6.45) is 1.70. The van der Waals surface area contributed by atoms with Gasteiger partial charge in [-0.25, -0.2) is 4.90 Å². The lowest BCUT2D eigenvalue weighted by Gasteiger charge is -2.12. The minimum atomic E-state index is -0.443. The number of thioether (sulfide) groups is 1. The summed E-state index contributed by atoms with van der Waals surface area (Å²) in [6.45, 7) is 3.80. The van der Waals surface area contributed by atoms with Gasteiger partial charge in [0.15, 0.2) is 0 Å². The number of nitrogens with zero attached hydrogens (tertiary/aromatic N) is 3. The van der Waals surface area contributed by atoms with Crippen LogP contribution in [0, 0.1) is 24.0 Å². The molecule has 2 aromatic carbocycles. The second kappa shape index (κ2) is 8.05. The Bertz CT molecular complexity index is 1250. The largest absolute Gasteiger partial charge is 0.318 e. The number of hydrogen-bond donors (Lipinski definition) is 0. The standard InChI is InChI=1S/C22H16ClN3O4S/c1-13-11-15(14(2)24(13)17-7-9-19(10-8-17)26(29)30)12-20-21(27)25(22(28)31-20)18-5-3-16(23)4-6-18/h3-12H,1-2H3/b20-12-. The van der Waals surface area contributed by atoms with Crippen molar-refractivity contribution in [3.63, 3.8) is 0 Å². The van der Waals surface area contributed by atoms with Gasteiger partial charge in [0.1, 0.15) is 0 Å². The fraction of sp³-hybridized carbons (Fsp3) is 0.0909. The molecular formula is C22H16ClN3O4S. The first-order valence-electron chi connectivity index (χ1n) is 9.23. The molecule has 0 unspecified atom stereocenters. The molecule has 1 saturated heterocycles. The Hall–Kier alpha value is -3.36. The maximum atomic E-state index is 12.9. The summed E-state index contributed by atoms with van der Waals surface area (Å²) >= 11 is 6.78. The average Bonchev–Trinajstić information content (AvgIpc) is 3.17. The fourth-order valence-corrected chi connectivity index (χ4v) is 4.43. The third-order valence-electron chi connectivity index (χ3n) is 4.95. The number of imide groups is 1. The van der Waals surface area contributed by atoms with E-state index < -0.39 is 10.8 Å². The first kappa shape index (κ1) is 20.9. The van der Waals surface area contributed by atoms with Gasteiger partial charge in [0, 0.05) is 34.2 Å². The van der Waals surface area contributed by atoms with Crippen molar-refractivity contribution in [3.05, 3.63) is 91.6 Å². The predicted molar refractivity (Wildman–Crippen MR) is 122 cm³/mol. The minimum absolute atomic E-state index is 0.0160. The van der Waals surface area contributed by atoms with Crippen LogP contribution >= 0.6 is 23.4 Å². The van der Waals surface area contributed by atoms with Gasteiger partial charge >= 0.3 is 0 Å². The molecule has 0 saturated carbocycles. The monoisotopic (exact) mass is 453 g/mol. The van der Waals surface area contributed by atoms with Crippen LogP contribution in [0.4, 0.5) is 16.2 Å². The molecule has 156 valence electrons. The summed E-state index contributed by atoms with van der Waals surface area (Å²) in [6, 6.07) is 14.7. The number of carbonyl (C=O) groups is 2. The van der Waals surface area contributed by atoms with Gasteiger partial charge in [-0.3, -0.25) is 19.7 Å². The number of carbonyl (C=O) groups excluding carboxylic acids is 2. The van der Waals surface area contributed by atoms with Crippen LogP contribution in [0.3, 0.4) is 0 Å². The van der Waals surface area contributed by atoms with E-state index in [1.54, 1.807) is 42.5 Å². The number of nitro groups is 1. The normalized spacial score (nSPS) is 15.2. The Labute approximate surface area is 187 Å². The van der Waals surface area contributed by atoms with E-state index in [-0.39, 0.29) is 10.9 Å². The van der Waals surface area contributed by atoms with Crippen molar-refractivity contribution >= 4 is 52.0 Å². The summed E-state index contributed by atoms with van der Waals surface area (Å²) in [5.41, 5.74) is 3.79. The molecule has 2 amide bonds. The lowest BCUT2D eigenvalue weighted by molar-refractivity contribution is -0.384. The first-order chi connectivity index (χ1) is 14.8. The number of benzene rings is 2. The number of aryl methyl sites for hydroxylation is 1. The predicted octanol–water partition coefficient (Wildman–Crippen LogP) is 5.90. The first-order valence-corrected chi connectivity index (χ1v) is 10.4. The van der Waals surface area contributed by atoms with Crippen molar-refractivity contribution in [2.75, 3.05) is 4.90 Å². The number of hydrogen-bond acceptors (Lipinski definition) is 5. The summed E-state index contributed by atoms with van der Waals surface area (Å²) in [4.78, 5) is 37.3. The highest BCUT2D eigenvalue weighted by Crippen LogP contribution is 2.37. The van der Waals surface area contributed by atoms with E-state index in [1.807, 2.05) is 24.5 Å². The maximum Gasteiger partial charge on any atom is 0.298 e. The van der Waals surface area contributed by atoms with Crippen LogP contribution in [0.1, 0.15) is 17.0 Å². The Kier molecular flexibility index (Phi) is 5.43. The summed E-state index contributed by atoms with van der Waals surface area (Å²) in [5, 5.41) is 11.0. The van der Waals surface area contributed by atoms with Crippen LogP contribution in [-0.2, 0) is 4.79 Å². The second-order valence-corrected chi connectivity index (χ2v) is 8.36. The highest BCUT2D eigenvalue weighted by molar-refractivity contribution is 8.19. The van der Waals surface area contributed by atoms with Gasteiger partial charge in [-0.1, -0.05) is 11.6 Å². The van der Waals surface area contributed by atoms with E-state index in [2.05, 4.69) is 0 Å². The number of non-ortho nitro benzene ring substituents is 1. The number of rotatable bonds is 4. The molecule has 3 aromatic rings. The van der Waals surface area contributed by atoms with Gasteiger partial charge in [0.2, 0.25) is 0 Å². The lowest BCUT2D eigenvalue weighted by Crippen LogP contribution is -2.27. The van der Waals surface area contributed by atoms with E-state index in [4.69, 9.17) is 11.6 Å². The number of anilines is 1. The molecule has 1 aliphatic heterocycles. The van der Waals surface area contributed by atoms with Crippen molar-refractivity contribution in [1.82, 2.24) is 4.57 Å². The quantitative estimate of drug-likeness (QED) is 0.279. The molecule has 31 heavy (non-hydrogen) atoms. The molecule has 1 aliphatic rings. The third kappa shape index (κ3) is 3.87. The number of amides is 2. The van der Waals surface area contributed by atoms with E-state index in [9.17, 15) is 19.7 Å². The van der Waals surface area contributed by atoms with Gasteiger partial charge in [-0.05, 0) is 79.7 Å². The highest BCUT2D eigenvalue weighted by Gasteiger charge is 2.36. The van der Waals surface area contributed by atoms with Crippen LogP contribution in [0.15, 0.2) is 59.5 Å². The topological polar surface area (TPSA) is 85.5 Å². The van der Waals surface area contributed by atoms with Crippen LogP contribution in [-0.4, -0.2) is 20.6 Å². The third-order valence-corrected chi connectivity index (χ3v) is 6.08. The molecular weight excluding hydrogens is 438 g/mol. The molecule has 7 nitrogen and oxygen atoms in total.